The Balaban J connectivity index is 1.99. The Morgan fingerprint density at radius 3 is 2.46 bits per heavy atom. The van der Waals surface area contributed by atoms with E-state index in [-0.39, 0.29) is 4.90 Å². The van der Waals surface area contributed by atoms with E-state index in [9.17, 15) is 12.8 Å². The minimum atomic E-state index is -3.56. The number of anilines is 1. The predicted octanol–water partition coefficient (Wildman–Crippen LogP) is 4.36. The van der Waals surface area contributed by atoms with E-state index in [2.05, 4.69) is 30.9 Å². The van der Waals surface area contributed by atoms with Gasteiger partial charge in [-0.2, -0.15) is 0 Å². The molecule has 0 fully saturated rings. The van der Waals surface area contributed by atoms with E-state index in [1.54, 1.807) is 17.8 Å². The largest absolute Gasteiger partial charge is 0.330 e. The third-order valence-electron chi connectivity index (χ3n) is 4.12. The number of thioether (sulfide) groups is 1. The zero-order chi connectivity index (χ0) is 17.5. The molecule has 6 heteroatoms. The molecule has 0 aromatic heterocycles. The van der Waals surface area contributed by atoms with Crippen LogP contribution < -0.4 is 4.90 Å². The summed E-state index contributed by atoms with van der Waals surface area (Å²) < 4.78 is 37.4. The zero-order valence-electron chi connectivity index (χ0n) is 13.7. The molecule has 3 nitrogen and oxygen atoms in total. The van der Waals surface area contributed by atoms with Crippen molar-refractivity contribution in [1.29, 1.82) is 0 Å². The fraction of sp³-hybridized carbons (Fsp3) is 0.222. The second kappa shape index (κ2) is 6.26. The average molecular weight is 363 g/mol. The van der Waals surface area contributed by atoms with Crippen molar-refractivity contribution in [3.8, 4) is 0 Å². The first-order valence-corrected chi connectivity index (χ1v) is 10.4. The maximum absolute atomic E-state index is 14.2. The molecule has 1 aliphatic heterocycles. The lowest BCUT2D eigenvalue weighted by Crippen LogP contribution is -2.17. The molecule has 0 unspecified atom stereocenters. The van der Waals surface area contributed by atoms with Crippen molar-refractivity contribution in [2.45, 2.75) is 18.7 Å². The monoisotopic (exact) mass is 363 g/mol. The van der Waals surface area contributed by atoms with Crippen LogP contribution in [-0.2, 0) is 9.84 Å². The summed E-state index contributed by atoms with van der Waals surface area (Å²) in [5, 5.41) is 1.98. The van der Waals surface area contributed by atoms with Crippen molar-refractivity contribution in [3.05, 3.63) is 64.3 Å². The highest BCUT2D eigenvalue weighted by molar-refractivity contribution is 8.02. The fourth-order valence-electron chi connectivity index (χ4n) is 2.62. The predicted molar refractivity (Wildman–Crippen MR) is 98.3 cm³/mol. The summed E-state index contributed by atoms with van der Waals surface area (Å²) in [6, 6.07) is 10.5. The van der Waals surface area contributed by atoms with Crippen LogP contribution in [0.15, 0.2) is 46.7 Å². The summed E-state index contributed by atoms with van der Waals surface area (Å²) in [6.45, 7) is 4.12. The molecular formula is C18H18FNO2S2. The quantitative estimate of drug-likeness (QED) is 0.812. The van der Waals surface area contributed by atoms with Crippen LogP contribution in [0.25, 0.3) is 5.70 Å². The molecule has 24 heavy (non-hydrogen) atoms. The number of rotatable bonds is 3. The van der Waals surface area contributed by atoms with Gasteiger partial charge in [0.2, 0.25) is 0 Å². The third-order valence-corrected chi connectivity index (χ3v) is 6.05. The van der Waals surface area contributed by atoms with E-state index in [0.717, 1.165) is 23.5 Å². The van der Waals surface area contributed by atoms with Crippen molar-refractivity contribution in [3.63, 3.8) is 0 Å². The van der Waals surface area contributed by atoms with E-state index < -0.39 is 15.7 Å². The van der Waals surface area contributed by atoms with Crippen molar-refractivity contribution in [1.82, 2.24) is 0 Å². The molecule has 0 atom stereocenters. The second-order valence-corrected chi connectivity index (χ2v) is 8.72. The number of hydrogen-bond acceptors (Lipinski definition) is 4. The lowest BCUT2D eigenvalue weighted by molar-refractivity contribution is 0.570. The molecule has 126 valence electrons. The standard InChI is InChI=1S/C18H18FNO2S2/c1-12-4-6-15(8-13(12)2)20-11-23-10-17(20)14-5-7-18(16(19)9-14)24(3,21)22/h4-10H,11H2,1-3H3. The molecule has 0 saturated carbocycles. The van der Waals surface area contributed by atoms with Crippen molar-refractivity contribution < 1.29 is 12.8 Å². The van der Waals surface area contributed by atoms with Gasteiger partial charge in [0.1, 0.15) is 10.7 Å². The van der Waals surface area contributed by atoms with Gasteiger partial charge in [0.05, 0.1) is 11.6 Å². The minimum Gasteiger partial charge on any atom is -0.330 e. The van der Waals surface area contributed by atoms with Gasteiger partial charge in [0, 0.05) is 17.5 Å². The smallest absolute Gasteiger partial charge is 0.178 e. The first-order chi connectivity index (χ1) is 11.3. The lowest BCUT2D eigenvalue weighted by atomic mass is 10.1. The van der Waals surface area contributed by atoms with E-state index in [4.69, 9.17) is 0 Å². The minimum absolute atomic E-state index is 0.268. The van der Waals surface area contributed by atoms with Crippen molar-refractivity contribution in [2.24, 2.45) is 0 Å². The van der Waals surface area contributed by atoms with Crippen LogP contribution in [0.2, 0.25) is 0 Å². The van der Waals surface area contributed by atoms with Crippen LogP contribution in [0, 0.1) is 19.7 Å². The van der Waals surface area contributed by atoms with Crippen LogP contribution in [0.4, 0.5) is 10.1 Å². The Kier molecular flexibility index (Phi) is 4.44. The Labute approximate surface area is 146 Å². The van der Waals surface area contributed by atoms with Gasteiger partial charge in [-0.15, -0.1) is 11.8 Å². The maximum atomic E-state index is 14.2. The van der Waals surface area contributed by atoms with Gasteiger partial charge in [0.15, 0.2) is 9.84 Å². The molecule has 0 spiro atoms. The summed E-state index contributed by atoms with van der Waals surface area (Å²) in [6.07, 6.45) is 1.01. The SMILES string of the molecule is Cc1ccc(N2CSC=C2c2ccc(S(C)(=O)=O)c(F)c2)cc1C. The number of hydrogen-bond donors (Lipinski definition) is 0. The number of nitrogens with zero attached hydrogens (tertiary/aromatic N) is 1. The van der Waals surface area contributed by atoms with Gasteiger partial charge >= 0.3 is 0 Å². The number of benzene rings is 2. The molecule has 1 aliphatic rings. The van der Waals surface area contributed by atoms with Crippen LogP contribution >= 0.6 is 11.8 Å². The van der Waals surface area contributed by atoms with Crippen LogP contribution in [0.1, 0.15) is 16.7 Å². The Bertz CT molecular complexity index is 936. The molecule has 2 aromatic rings. The summed E-state index contributed by atoms with van der Waals surface area (Å²) in [5.41, 5.74) is 5.01. The highest BCUT2D eigenvalue weighted by Crippen LogP contribution is 2.36. The Morgan fingerprint density at radius 1 is 1.08 bits per heavy atom. The lowest BCUT2D eigenvalue weighted by Gasteiger charge is -2.23. The highest BCUT2D eigenvalue weighted by Gasteiger charge is 2.22. The second-order valence-electron chi connectivity index (χ2n) is 5.91. The molecule has 1 heterocycles. The molecule has 0 aliphatic carbocycles. The van der Waals surface area contributed by atoms with Gasteiger partial charge in [0.25, 0.3) is 0 Å². The van der Waals surface area contributed by atoms with Gasteiger partial charge in [-0.25, -0.2) is 12.8 Å². The summed E-state index contributed by atoms with van der Waals surface area (Å²) >= 11 is 1.63. The molecule has 3 rings (SSSR count). The van der Waals surface area contributed by atoms with Crippen LogP contribution in [-0.4, -0.2) is 20.6 Å². The maximum Gasteiger partial charge on any atom is 0.178 e. The van der Waals surface area contributed by atoms with Crippen molar-refractivity contribution in [2.75, 3.05) is 17.0 Å². The molecular weight excluding hydrogens is 345 g/mol. The first kappa shape index (κ1) is 17.0. The number of halogens is 1. The first-order valence-electron chi connectivity index (χ1n) is 7.44. The van der Waals surface area contributed by atoms with Gasteiger partial charge in [-0.05, 0) is 54.6 Å². The average Bonchev–Trinajstić information content (AvgIpc) is 2.98. The summed E-state index contributed by atoms with van der Waals surface area (Å²) in [7, 11) is -3.56. The van der Waals surface area contributed by atoms with Crippen LogP contribution in [0.5, 0.6) is 0 Å². The molecule has 0 N–H and O–H groups in total. The van der Waals surface area contributed by atoms with E-state index in [1.165, 1.54) is 23.3 Å². The Morgan fingerprint density at radius 2 is 1.83 bits per heavy atom. The third kappa shape index (κ3) is 3.21. The molecule has 0 saturated heterocycles. The number of sulfone groups is 1. The highest BCUT2D eigenvalue weighted by atomic mass is 32.2. The van der Waals surface area contributed by atoms with Crippen LogP contribution in [0.3, 0.4) is 0 Å². The van der Waals surface area contributed by atoms with Gasteiger partial charge in [-0.1, -0.05) is 12.1 Å². The van der Waals surface area contributed by atoms with Gasteiger partial charge < -0.3 is 4.90 Å². The Hall–Kier alpha value is -1.79. The van der Waals surface area contributed by atoms with Crippen molar-refractivity contribution >= 4 is 33.0 Å². The summed E-state index contributed by atoms with van der Waals surface area (Å²) in [4.78, 5) is 1.83. The van der Waals surface area contributed by atoms with Gasteiger partial charge in [-0.3, -0.25) is 0 Å². The number of aryl methyl sites for hydroxylation is 2. The summed E-state index contributed by atoms with van der Waals surface area (Å²) in [5.74, 6) is 0.0284. The molecule has 0 bridgehead atoms. The van der Waals surface area contributed by atoms with E-state index in [0.29, 0.717) is 5.56 Å². The fourth-order valence-corrected chi connectivity index (χ4v) is 4.28. The molecule has 0 amide bonds. The zero-order valence-corrected chi connectivity index (χ0v) is 15.3. The molecule has 0 radical (unpaired) electrons. The molecule has 2 aromatic carbocycles. The van der Waals surface area contributed by atoms with E-state index in [1.807, 2.05) is 11.5 Å². The van der Waals surface area contributed by atoms with E-state index >= 15 is 0 Å². The normalized spacial score (nSPS) is 14.8. The topological polar surface area (TPSA) is 37.4 Å².